The summed E-state index contributed by atoms with van der Waals surface area (Å²) in [7, 11) is 0. The normalized spacial score (nSPS) is 22.8. The van der Waals surface area contributed by atoms with Crippen LogP contribution in [0.15, 0.2) is 29.6 Å². The van der Waals surface area contributed by atoms with E-state index in [0.29, 0.717) is 0 Å². The fourth-order valence-corrected chi connectivity index (χ4v) is 5.68. The summed E-state index contributed by atoms with van der Waals surface area (Å²) in [6.07, 6.45) is 8.81. The van der Waals surface area contributed by atoms with Gasteiger partial charge in [-0.25, -0.2) is 4.98 Å². The zero-order valence-electron chi connectivity index (χ0n) is 15.5. The molecule has 1 unspecified atom stereocenters. The number of hydrogen-bond acceptors (Lipinski definition) is 4. The molecule has 3 nitrogen and oxygen atoms in total. The van der Waals surface area contributed by atoms with Crippen LogP contribution in [0.2, 0.25) is 5.02 Å². The molecule has 1 saturated heterocycles. The van der Waals surface area contributed by atoms with Crippen LogP contribution in [0, 0.1) is 0 Å². The van der Waals surface area contributed by atoms with Crippen molar-refractivity contribution in [2.24, 2.45) is 0 Å². The first-order valence-electron chi connectivity index (χ1n) is 9.91. The van der Waals surface area contributed by atoms with E-state index in [1.807, 2.05) is 12.1 Å². The molecular weight excluding hydrogens is 362 g/mol. The van der Waals surface area contributed by atoms with Crippen molar-refractivity contribution < 1.29 is 0 Å². The average Bonchev–Trinajstić information content (AvgIpc) is 3.40. The van der Waals surface area contributed by atoms with E-state index in [2.05, 4.69) is 34.7 Å². The zero-order valence-corrected chi connectivity index (χ0v) is 17.1. The first-order valence-corrected chi connectivity index (χ1v) is 11.2. The number of hydrogen-bond donors (Lipinski definition) is 1. The summed E-state index contributed by atoms with van der Waals surface area (Å²) in [5.74, 6) is 0. The van der Waals surface area contributed by atoms with E-state index >= 15 is 0 Å². The Morgan fingerprint density at radius 2 is 2.00 bits per heavy atom. The Morgan fingerprint density at radius 3 is 2.73 bits per heavy atom. The Hall–Kier alpha value is -1.10. The van der Waals surface area contributed by atoms with Crippen LogP contribution >= 0.6 is 22.9 Å². The van der Waals surface area contributed by atoms with Crippen LogP contribution < -0.4 is 5.32 Å². The van der Waals surface area contributed by atoms with Crippen LogP contribution in [0.1, 0.15) is 63.1 Å². The van der Waals surface area contributed by atoms with Crippen LogP contribution in [0.4, 0.5) is 5.13 Å². The van der Waals surface area contributed by atoms with E-state index in [-0.39, 0.29) is 5.41 Å². The monoisotopic (exact) mass is 389 g/mol. The number of nitrogens with one attached hydrogen (secondary N) is 1. The first kappa shape index (κ1) is 18.3. The fraction of sp³-hybridized carbons (Fsp3) is 0.571. The second kappa shape index (κ2) is 7.87. The van der Waals surface area contributed by atoms with Gasteiger partial charge in [-0.3, -0.25) is 4.90 Å². The summed E-state index contributed by atoms with van der Waals surface area (Å²) in [6, 6.07) is 9.14. The van der Waals surface area contributed by atoms with E-state index in [1.165, 1.54) is 62.7 Å². The van der Waals surface area contributed by atoms with Crippen LogP contribution in [-0.2, 0) is 5.41 Å². The van der Waals surface area contributed by atoms with Crippen LogP contribution in [0.3, 0.4) is 0 Å². The minimum Gasteiger partial charge on any atom is -0.349 e. The number of aromatic nitrogens is 1. The molecule has 1 aromatic heterocycles. The van der Waals surface area contributed by atoms with Gasteiger partial charge >= 0.3 is 0 Å². The van der Waals surface area contributed by atoms with Gasteiger partial charge in [0.05, 0.1) is 12.4 Å². The molecular formula is C21H28ClN3S. The lowest BCUT2D eigenvalue weighted by atomic mass is 9.76. The van der Waals surface area contributed by atoms with Gasteiger partial charge in [0.25, 0.3) is 0 Å². The summed E-state index contributed by atoms with van der Waals surface area (Å²) >= 11 is 7.86. The molecule has 5 heteroatoms. The zero-order chi connectivity index (χ0) is 18.0. The van der Waals surface area contributed by atoms with E-state index < -0.39 is 0 Å². The predicted octanol–water partition coefficient (Wildman–Crippen LogP) is 5.90. The highest BCUT2D eigenvalue weighted by molar-refractivity contribution is 7.13. The van der Waals surface area contributed by atoms with Gasteiger partial charge in [0.2, 0.25) is 0 Å². The summed E-state index contributed by atoms with van der Waals surface area (Å²) in [6.45, 7) is 4.41. The molecule has 2 aliphatic rings. The molecule has 0 spiro atoms. The quantitative estimate of drug-likeness (QED) is 0.666. The van der Waals surface area contributed by atoms with Crippen molar-refractivity contribution in [3.8, 4) is 0 Å². The molecule has 1 aliphatic carbocycles. The number of halogens is 1. The molecule has 4 rings (SSSR count). The van der Waals surface area contributed by atoms with Gasteiger partial charge in [-0.2, -0.15) is 0 Å². The molecule has 0 radical (unpaired) electrons. The molecule has 0 bridgehead atoms. The summed E-state index contributed by atoms with van der Waals surface area (Å²) < 4.78 is 0. The molecule has 1 saturated carbocycles. The number of anilines is 1. The van der Waals surface area contributed by atoms with Crippen LogP contribution in [0.25, 0.3) is 0 Å². The minimum atomic E-state index is 0.0701. The van der Waals surface area contributed by atoms with Gasteiger partial charge in [0, 0.05) is 28.4 Å². The van der Waals surface area contributed by atoms with Crippen molar-refractivity contribution in [1.82, 2.24) is 9.88 Å². The smallest absolute Gasteiger partial charge is 0.183 e. The number of nitrogens with zero attached hydrogens (tertiary/aromatic N) is 2. The second-order valence-corrected chi connectivity index (χ2v) is 8.98. The third-order valence-electron chi connectivity index (χ3n) is 6.25. The van der Waals surface area contributed by atoms with Crippen molar-refractivity contribution in [3.05, 3.63) is 45.9 Å². The van der Waals surface area contributed by atoms with Gasteiger partial charge in [-0.15, -0.1) is 11.3 Å². The Kier molecular flexibility index (Phi) is 5.53. The van der Waals surface area contributed by atoms with Gasteiger partial charge in [-0.05, 0) is 49.8 Å². The molecule has 140 valence electrons. The van der Waals surface area contributed by atoms with Crippen molar-refractivity contribution in [1.29, 1.82) is 0 Å². The van der Waals surface area contributed by atoms with Crippen LogP contribution in [-0.4, -0.2) is 29.1 Å². The second-order valence-electron chi connectivity index (χ2n) is 7.69. The lowest BCUT2D eigenvalue weighted by Gasteiger charge is -2.28. The maximum Gasteiger partial charge on any atom is 0.183 e. The molecule has 1 aromatic carbocycles. The van der Waals surface area contributed by atoms with Crippen LogP contribution in [0.5, 0.6) is 0 Å². The highest BCUT2D eigenvalue weighted by atomic mass is 35.5. The number of thiazole rings is 1. The summed E-state index contributed by atoms with van der Waals surface area (Å²) in [5.41, 5.74) is 2.67. The maximum atomic E-state index is 6.11. The lowest BCUT2D eigenvalue weighted by molar-refractivity contribution is 0.265. The van der Waals surface area contributed by atoms with Gasteiger partial charge in [-0.1, -0.05) is 43.5 Å². The average molecular weight is 390 g/mol. The molecule has 0 amide bonds. The van der Waals surface area contributed by atoms with Crippen molar-refractivity contribution >= 4 is 28.1 Å². The van der Waals surface area contributed by atoms with E-state index in [4.69, 9.17) is 16.6 Å². The van der Waals surface area contributed by atoms with Crippen molar-refractivity contribution in [2.75, 3.05) is 18.5 Å². The summed E-state index contributed by atoms with van der Waals surface area (Å²) in [4.78, 5) is 7.58. The fourth-order valence-electron chi connectivity index (χ4n) is 4.75. The number of rotatable bonds is 6. The molecule has 1 aliphatic heterocycles. The highest BCUT2D eigenvalue weighted by Gasteiger charge is 2.39. The standard InChI is InChI=1S/C21H28ClN3S/c1-2-18-6-5-13-25(18)15-23-20-24-19(14-26-20)21(11-3-4-12-21)16-7-9-17(22)10-8-16/h7-10,14,18H,2-6,11-13,15H2,1H3,(H,23,24). The van der Waals surface area contributed by atoms with Crippen molar-refractivity contribution in [3.63, 3.8) is 0 Å². The molecule has 26 heavy (non-hydrogen) atoms. The van der Waals surface area contributed by atoms with Crippen molar-refractivity contribution in [2.45, 2.75) is 63.3 Å². The Morgan fingerprint density at radius 1 is 1.23 bits per heavy atom. The minimum absolute atomic E-state index is 0.0701. The predicted molar refractivity (Wildman–Crippen MR) is 111 cm³/mol. The summed E-state index contributed by atoms with van der Waals surface area (Å²) in [5, 5.41) is 7.71. The lowest BCUT2D eigenvalue weighted by Crippen LogP contribution is -2.33. The maximum absolute atomic E-state index is 6.11. The van der Waals surface area contributed by atoms with Gasteiger partial charge in [0.1, 0.15) is 0 Å². The van der Waals surface area contributed by atoms with E-state index in [9.17, 15) is 0 Å². The number of benzene rings is 1. The Labute approximate surface area is 165 Å². The van der Waals surface area contributed by atoms with Gasteiger partial charge < -0.3 is 5.32 Å². The Balaban J connectivity index is 1.51. The third-order valence-corrected chi connectivity index (χ3v) is 7.30. The SMILES string of the molecule is CCC1CCCN1CNc1nc(C2(c3ccc(Cl)cc3)CCCC2)cs1. The molecule has 1 atom stereocenters. The topological polar surface area (TPSA) is 28.2 Å². The Bertz CT molecular complexity index is 721. The van der Waals surface area contributed by atoms with E-state index in [0.717, 1.165) is 22.9 Å². The molecule has 2 aromatic rings. The third kappa shape index (κ3) is 3.51. The van der Waals surface area contributed by atoms with Gasteiger partial charge in [0.15, 0.2) is 5.13 Å². The number of likely N-dealkylation sites (tertiary alicyclic amines) is 1. The van der Waals surface area contributed by atoms with E-state index in [1.54, 1.807) is 11.3 Å². The molecule has 2 heterocycles. The molecule has 1 N–H and O–H groups in total. The molecule has 2 fully saturated rings. The highest BCUT2D eigenvalue weighted by Crippen LogP contribution is 2.47. The first-order chi connectivity index (χ1) is 12.7. The largest absolute Gasteiger partial charge is 0.349 e.